The largest absolute Gasteiger partial charge is 0.357 e. The maximum atomic E-state index is 4.53. The van der Waals surface area contributed by atoms with Gasteiger partial charge in [-0.2, -0.15) is 5.10 Å². The molecule has 0 spiro atoms. The molecular formula is C19H18N6. The number of hydrogen-bond donors (Lipinski definition) is 1. The Labute approximate surface area is 145 Å². The summed E-state index contributed by atoms with van der Waals surface area (Å²) in [6.07, 6.45) is 5.14. The van der Waals surface area contributed by atoms with E-state index in [0.717, 1.165) is 28.1 Å². The Morgan fingerprint density at radius 1 is 1.00 bits per heavy atom. The van der Waals surface area contributed by atoms with Crippen LogP contribution in [0.25, 0.3) is 11.0 Å². The predicted octanol–water partition coefficient (Wildman–Crippen LogP) is 3.27. The first kappa shape index (κ1) is 15.3. The zero-order valence-corrected chi connectivity index (χ0v) is 14.1. The van der Waals surface area contributed by atoms with E-state index in [0.29, 0.717) is 0 Å². The van der Waals surface area contributed by atoms with Gasteiger partial charge in [-0.15, -0.1) is 0 Å². The van der Waals surface area contributed by atoms with Crippen molar-refractivity contribution in [3.05, 3.63) is 78.0 Å². The fraction of sp³-hybridized carbons (Fsp3) is 0.158. The fourth-order valence-corrected chi connectivity index (χ4v) is 2.85. The van der Waals surface area contributed by atoms with Gasteiger partial charge in [0.15, 0.2) is 5.65 Å². The highest BCUT2D eigenvalue weighted by Gasteiger charge is 2.18. The third-order valence-electron chi connectivity index (χ3n) is 4.20. The molecule has 0 saturated heterocycles. The second-order valence-electron chi connectivity index (χ2n) is 5.97. The van der Waals surface area contributed by atoms with Crippen molar-refractivity contribution in [3.8, 4) is 0 Å². The Morgan fingerprint density at radius 2 is 1.84 bits per heavy atom. The highest BCUT2D eigenvalue weighted by Crippen LogP contribution is 2.27. The summed E-state index contributed by atoms with van der Waals surface area (Å²) in [4.78, 5) is 13.3. The molecule has 1 N–H and O–H groups in total. The first-order chi connectivity index (χ1) is 12.2. The third kappa shape index (κ3) is 2.94. The first-order valence-electron chi connectivity index (χ1n) is 8.09. The molecule has 4 aromatic rings. The molecular weight excluding hydrogens is 312 g/mol. The molecule has 1 aromatic carbocycles. The third-order valence-corrected chi connectivity index (χ3v) is 4.20. The van der Waals surface area contributed by atoms with Crippen molar-refractivity contribution in [1.82, 2.24) is 24.7 Å². The Balaban J connectivity index is 1.79. The van der Waals surface area contributed by atoms with Crippen LogP contribution in [0.1, 0.15) is 22.9 Å². The van der Waals surface area contributed by atoms with Crippen molar-refractivity contribution in [3.63, 3.8) is 0 Å². The van der Waals surface area contributed by atoms with Crippen LogP contribution in [0, 0.1) is 6.92 Å². The molecule has 6 heteroatoms. The summed E-state index contributed by atoms with van der Waals surface area (Å²) < 4.78 is 1.74. The van der Waals surface area contributed by atoms with E-state index in [9.17, 15) is 0 Å². The van der Waals surface area contributed by atoms with E-state index < -0.39 is 0 Å². The van der Waals surface area contributed by atoms with Gasteiger partial charge >= 0.3 is 0 Å². The van der Waals surface area contributed by atoms with Gasteiger partial charge in [0.05, 0.1) is 23.3 Å². The highest BCUT2D eigenvalue weighted by atomic mass is 15.3. The van der Waals surface area contributed by atoms with Gasteiger partial charge in [0.2, 0.25) is 0 Å². The van der Waals surface area contributed by atoms with Crippen LogP contribution < -0.4 is 5.32 Å². The molecule has 0 radical (unpaired) electrons. The zero-order chi connectivity index (χ0) is 17.2. The van der Waals surface area contributed by atoms with Crippen molar-refractivity contribution in [2.24, 2.45) is 7.05 Å². The van der Waals surface area contributed by atoms with Crippen LogP contribution in [-0.4, -0.2) is 24.7 Å². The fourth-order valence-electron chi connectivity index (χ4n) is 2.85. The molecule has 0 amide bonds. The molecule has 0 bridgehead atoms. The first-order valence-corrected chi connectivity index (χ1v) is 8.09. The average molecular weight is 330 g/mol. The van der Waals surface area contributed by atoms with Crippen molar-refractivity contribution in [1.29, 1.82) is 0 Å². The predicted molar refractivity (Wildman–Crippen MR) is 97.2 cm³/mol. The van der Waals surface area contributed by atoms with E-state index in [-0.39, 0.29) is 6.04 Å². The number of nitrogens with zero attached hydrogens (tertiary/aromatic N) is 5. The van der Waals surface area contributed by atoms with E-state index in [1.165, 1.54) is 5.56 Å². The summed E-state index contributed by atoms with van der Waals surface area (Å²) in [7, 11) is 1.87. The minimum Gasteiger partial charge on any atom is -0.357 e. The number of anilines is 1. The molecule has 0 aliphatic rings. The SMILES string of the molecule is Cc1ccc(C(Nc2ncnc3c2cnn3C)c2ccccn2)cc1. The molecule has 0 saturated carbocycles. The number of aryl methyl sites for hydroxylation is 2. The van der Waals surface area contributed by atoms with Gasteiger partial charge in [0.25, 0.3) is 0 Å². The molecule has 0 aliphatic heterocycles. The highest BCUT2D eigenvalue weighted by molar-refractivity contribution is 5.86. The molecule has 1 unspecified atom stereocenters. The van der Waals surface area contributed by atoms with Gasteiger partial charge < -0.3 is 5.32 Å². The summed E-state index contributed by atoms with van der Waals surface area (Å²) in [6, 6.07) is 14.2. The van der Waals surface area contributed by atoms with Crippen LogP contribution >= 0.6 is 0 Å². The lowest BCUT2D eigenvalue weighted by Crippen LogP contribution is -2.15. The summed E-state index contributed by atoms with van der Waals surface area (Å²) in [6.45, 7) is 2.08. The molecule has 3 heterocycles. The molecule has 1 atom stereocenters. The van der Waals surface area contributed by atoms with Crippen LogP contribution in [0.2, 0.25) is 0 Å². The van der Waals surface area contributed by atoms with Crippen molar-refractivity contribution < 1.29 is 0 Å². The molecule has 25 heavy (non-hydrogen) atoms. The number of fused-ring (bicyclic) bond motifs is 1. The molecule has 4 rings (SSSR count). The second kappa shape index (κ2) is 6.32. The quantitative estimate of drug-likeness (QED) is 0.622. The van der Waals surface area contributed by atoms with Crippen LogP contribution in [0.3, 0.4) is 0 Å². The Morgan fingerprint density at radius 3 is 2.60 bits per heavy atom. The van der Waals surface area contributed by atoms with Gasteiger partial charge in [0.1, 0.15) is 12.1 Å². The number of pyridine rings is 1. The van der Waals surface area contributed by atoms with E-state index in [2.05, 4.69) is 56.6 Å². The number of benzene rings is 1. The average Bonchev–Trinajstić information content (AvgIpc) is 3.03. The van der Waals surface area contributed by atoms with E-state index >= 15 is 0 Å². The second-order valence-corrected chi connectivity index (χ2v) is 5.97. The number of aromatic nitrogens is 5. The van der Waals surface area contributed by atoms with Gasteiger partial charge in [-0.05, 0) is 24.6 Å². The van der Waals surface area contributed by atoms with Crippen molar-refractivity contribution in [2.75, 3.05) is 5.32 Å². The minimum atomic E-state index is -0.111. The topological polar surface area (TPSA) is 68.5 Å². The standard InChI is InChI=1S/C19H18N6/c1-13-6-8-14(9-7-13)17(16-5-3-4-10-20-16)24-18-15-11-23-25(2)19(15)22-12-21-18/h3-12,17H,1-2H3,(H,21,22,24). The van der Waals surface area contributed by atoms with Crippen molar-refractivity contribution in [2.45, 2.75) is 13.0 Å². The smallest absolute Gasteiger partial charge is 0.163 e. The van der Waals surface area contributed by atoms with Crippen molar-refractivity contribution >= 4 is 16.9 Å². The lowest BCUT2D eigenvalue weighted by molar-refractivity contribution is 0.785. The Hall–Kier alpha value is -3.28. The molecule has 0 aliphatic carbocycles. The van der Waals surface area contributed by atoms with E-state index in [4.69, 9.17) is 0 Å². The summed E-state index contributed by atoms with van der Waals surface area (Å²) in [5.41, 5.74) is 4.07. The minimum absolute atomic E-state index is 0.111. The summed E-state index contributed by atoms with van der Waals surface area (Å²) >= 11 is 0. The van der Waals surface area contributed by atoms with Crippen LogP contribution in [-0.2, 0) is 7.05 Å². The van der Waals surface area contributed by atoms with Gasteiger partial charge in [0, 0.05) is 13.2 Å². The summed E-state index contributed by atoms with van der Waals surface area (Å²) in [5.74, 6) is 0.745. The maximum absolute atomic E-state index is 4.53. The monoisotopic (exact) mass is 330 g/mol. The Bertz CT molecular complexity index is 992. The molecule has 6 nitrogen and oxygen atoms in total. The lowest BCUT2D eigenvalue weighted by atomic mass is 10.0. The number of rotatable bonds is 4. The van der Waals surface area contributed by atoms with Crippen LogP contribution in [0.15, 0.2) is 61.2 Å². The maximum Gasteiger partial charge on any atom is 0.163 e. The zero-order valence-electron chi connectivity index (χ0n) is 14.1. The van der Waals surface area contributed by atoms with Gasteiger partial charge in [-0.25, -0.2) is 9.97 Å². The van der Waals surface area contributed by atoms with E-state index in [1.54, 1.807) is 23.4 Å². The summed E-state index contributed by atoms with van der Waals surface area (Å²) in [5, 5.41) is 8.69. The lowest BCUT2D eigenvalue weighted by Gasteiger charge is -2.20. The van der Waals surface area contributed by atoms with Crippen LogP contribution in [0.5, 0.6) is 0 Å². The molecule has 3 aromatic heterocycles. The molecule has 0 fully saturated rings. The number of nitrogens with one attached hydrogen (secondary N) is 1. The van der Waals surface area contributed by atoms with E-state index in [1.807, 2.05) is 25.2 Å². The van der Waals surface area contributed by atoms with Crippen LogP contribution in [0.4, 0.5) is 5.82 Å². The Kier molecular flexibility index (Phi) is 3.85. The van der Waals surface area contributed by atoms with Gasteiger partial charge in [-0.3, -0.25) is 9.67 Å². The normalized spacial score (nSPS) is 12.2. The van der Waals surface area contributed by atoms with Gasteiger partial charge in [-0.1, -0.05) is 35.9 Å². The number of hydrogen-bond acceptors (Lipinski definition) is 5. The molecule has 124 valence electrons.